The standard InChI is InChI=1S/C19H17ClN4O3/c1-12-17(18(23-27-12)14-4-2-3-5-15(14)20)19(25)24-9-6-13(11-24)26-16-10-21-7-8-22-16/h2-5,7-8,10,13H,6,9,11H2,1H3. The van der Waals surface area contributed by atoms with Crippen molar-refractivity contribution < 1.29 is 14.1 Å². The van der Waals surface area contributed by atoms with Gasteiger partial charge in [-0.15, -0.1) is 0 Å². The SMILES string of the molecule is Cc1onc(-c2ccccc2Cl)c1C(=O)N1CCC(Oc2cnccn2)C1. The highest BCUT2D eigenvalue weighted by Crippen LogP contribution is 2.32. The third-order valence-corrected chi connectivity index (χ3v) is 4.79. The highest BCUT2D eigenvalue weighted by atomic mass is 35.5. The minimum Gasteiger partial charge on any atom is -0.471 e. The molecule has 0 radical (unpaired) electrons. The van der Waals surface area contributed by atoms with Crippen LogP contribution in [0.2, 0.25) is 5.02 Å². The largest absolute Gasteiger partial charge is 0.471 e. The van der Waals surface area contributed by atoms with E-state index >= 15 is 0 Å². The number of hydrogen-bond acceptors (Lipinski definition) is 6. The van der Waals surface area contributed by atoms with E-state index in [2.05, 4.69) is 15.1 Å². The van der Waals surface area contributed by atoms with Crippen molar-refractivity contribution in [1.82, 2.24) is 20.0 Å². The van der Waals surface area contributed by atoms with Gasteiger partial charge in [0, 0.05) is 30.9 Å². The van der Waals surface area contributed by atoms with Crippen molar-refractivity contribution in [2.24, 2.45) is 0 Å². The molecular formula is C19H17ClN4O3. The fourth-order valence-electron chi connectivity index (χ4n) is 3.15. The van der Waals surface area contributed by atoms with Crippen LogP contribution in [0.4, 0.5) is 0 Å². The van der Waals surface area contributed by atoms with Gasteiger partial charge in [0.1, 0.15) is 23.1 Å². The molecule has 1 fully saturated rings. The van der Waals surface area contributed by atoms with Gasteiger partial charge < -0.3 is 14.2 Å². The zero-order valence-corrected chi connectivity index (χ0v) is 15.4. The molecule has 1 unspecified atom stereocenters. The zero-order chi connectivity index (χ0) is 18.8. The molecule has 7 nitrogen and oxygen atoms in total. The summed E-state index contributed by atoms with van der Waals surface area (Å²) in [6, 6.07) is 7.26. The summed E-state index contributed by atoms with van der Waals surface area (Å²) < 4.78 is 11.1. The molecular weight excluding hydrogens is 368 g/mol. The van der Waals surface area contributed by atoms with Crippen molar-refractivity contribution in [3.63, 3.8) is 0 Å². The first-order valence-corrected chi connectivity index (χ1v) is 8.94. The number of carbonyl (C=O) groups is 1. The summed E-state index contributed by atoms with van der Waals surface area (Å²) in [7, 11) is 0. The van der Waals surface area contributed by atoms with E-state index in [1.165, 1.54) is 0 Å². The molecule has 3 aromatic rings. The molecule has 27 heavy (non-hydrogen) atoms. The first-order chi connectivity index (χ1) is 13.1. The van der Waals surface area contributed by atoms with Gasteiger partial charge >= 0.3 is 0 Å². The number of benzene rings is 1. The molecule has 0 spiro atoms. The number of hydrogen-bond donors (Lipinski definition) is 0. The van der Waals surface area contributed by atoms with Crippen molar-refractivity contribution in [3.05, 3.63) is 59.2 Å². The van der Waals surface area contributed by atoms with Crippen LogP contribution in [0.3, 0.4) is 0 Å². The Balaban J connectivity index is 1.54. The van der Waals surface area contributed by atoms with Crippen LogP contribution in [0.1, 0.15) is 22.5 Å². The highest BCUT2D eigenvalue weighted by molar-refractivity contribution is 6.33. The van der Waals surface area contributed by atoms with Crippen LogP contribution in [0.5, 0.6) is 5.88 Å². The summed E-state index contributed by atoms with van der Waals surface area (Å²) >= 11 is 6.28. The maximum atomic E-state index is 13.1. The van der Waals surface area contributed by atoms with Gasteiger partial charge in [-0.1, -0.05) is 35.0 Å². The molecule has 1 saturated heterocycles. The number of aryl methyl sites for hydroxylation is 1. The van der Waals surface area contributed by atoms with E-state index in [9.17, 15) is 4.79 Å². The predicted molar refractivity (Wildman–Crippen MR) is 98.7 cm³/mol. The Hall–Kier alpha value is -2.93. The molecule has 1 atom stereocenters. The summed E-state index contributed by atoms with van der Waals surface area (Å²) in [6.07, 6.45) is 5.30. The third-order valence-electron chi connectivity index (χ3n) is 4.46. The van der Waals surface area contributed by atoms with Gasteiger partial charge in [-0.2, -0.15) is 0 Å². The van der Waals surface area contributed by atoms with E-state index in [1.807, 2.05) is 18.2 Å². The Bertz CT molecular complexity index is 961. The molecule has 1 aromatic carbocycles. The average molecular weight is 385 g/mol. The summed E-state index contributed by atoms with van der Waals surface area (Å²) in [4.78, 5) is 23.0. The lowest BCUT2D eigenvalue weighted by Crippen LogP contribution is -2.31. The predicted octanol–water partition coefficient (Wildman–Crippen LogP) is 3.39. The minimum atomic E-state index is -0.145. The molecule has 4 rings (SSSR count). The van der Waals surface area contributed by atoms with E-state index in [0.29, 0.717) is 53.0 Å². The number of aromatic nitrogens is 3. The number of halogens is 1. The smallest absolute Gasteiger partial charge is 0.259 e. The van der Waals surface area contributed by atoms with Gasteiger partial charge in [0.05, 0.1) is 17.8 Å². The number of nitrogens with zero attached hydrogens (tertiary/aromatic N) is 4. The lowest BCUT2D eigenvalue weighted by atomic mass is 10.1. The van der Waals surface area contributed by atoms with E-state index in [0.717, 1.165) is 0 Å². The zero-order valence-electron chi connectivity index (χ0n) is 14.6. The molecule has 1 amide bonds. The Kier molecular flexibility index (Phi) is 4.77. The summed E-state index contributed by atoms with van der Waals surface area (Å²) in [5.41, 5.74) is 1.57. The summed E-state index contributed by atoms with van der Waals surface area (Å²) in [6.45, 7) is 2.77. The number of amides is 1. The van der Waals surface area contributed by atoms with Crippen molar-refractivity contribution in [3.8, 4) is 17.1 Å². The van der Waals surface area contributed by atoms with E-state index in [4.69, 9.17) is 20.9 Å². The van der Waals surface area contributed by atoms with Crippen LogP contribution >= 0.6 is 11.6 Å². The van der Waals surface area contributed by atoms with Crippen LogP contribution in [0, 0.1) is 6.92 Å². The first kappa shape index (κ1) is 17.5. The molecule has 3 heterocycles. The van der Waals surface area contributed by atoms with E-state index in [-0.39, 0.29) is 12.0 Å². The average Bonchev–Trinajstić information content (AvgIpc) is 3.29. The van der Waals surface area contributed by atoms with Crippen molar-refractivity contribution in [1.29, 1.82) is 0 Å². The van der Waals surface area contributed by atoms with Gasteiger partial charge in [0.2, 0.25) is 5.88 Å². The summed E-state index contributed by atoms with van der Waals surface area (Å²) in [5.74, 6) is 0.775. The van der Waals surface area contributed by atoms with E-state index < -0.39 is 0 Å². The highest BCUT2D eigenvalue weighted by Gasteiger charge is 2.33. The van der Waals surface area contributed by atoms with Crippen LogP contribution in [0.25, 0.3) is 11.3 Å². The third kappa shape index (κ3) is 3.50. The fraction of sp³-hybridized carbons (Fsp3) is 0.263. The first-order valence-electron chi connectivity index (χ1n) is 8.56. The van der Waals surface area contributed by atoms with E-state index in [1.54, 1.807) is 36.5 Å². The second-order valence-electron chi connectivity index (χ2n) is 6.27. The number of carbonyl (C=O) groups excluding carboxylic acids is 1. The maximum absolute atomic E-state index is 13.1. The lowest BCUT2D eigenvalue weighted by Gasteiger charge is -2.17. The minimum absolute atomic E-state index is 0.130. The topological polar surface area (TPSA) is 81.4 Å². The van der Waals surface area contributed by atoms with Crippen LogP contribution in [0.15, 0.2) is 47.4 Å². The molecule has 8 heteroatoms. The Labute approximate surface area is 160 Å². The molecule has 0 aliphatic carbocycles. The van der Waals surface area contributed by atoms with Crippen molar-refractivity contribution in [2.75, 3.05) is 13.1 Å². The molecule has 0 bridgehead atoms. The molecule has 138 valence electrons. The summed E-state index contributed by atoms with van der Waals surface area (Å²) in [5, 5.41) is 4.59. The number of ether oxygens (including phenoxy) is 1. The monoisotopic (exact) mass is 384 g/mol. The van der Waals surface area contributed by atoms with Crippen molar-refractivity contribution in [2.45, 2.75) is 19.4 Å². The quantitative estimate of drug-likeness (QED) is 0.685. The Morgan fingerprint density at radius 2 is 2.19 bits per heavy atom. The Morgan fingerprint density at radius 3 is 2.96 bits per heavy atom. The molecule has 0 N–H and O–H groups in total. The molecule has 2 aromatic heterocycles. The van der Waals surface area contributed by atoms with Crippen LogP contribution in [-0.2, 0) is 0 Å². The van der Waals surface area contributed by atoms with Gasteiger partial charge in [0.15, 0.2) is 0 Å². The van der Waals surface area contributed by atoms with Crippen molar-refractivity contribution >= 4 is 17.5 Å². The molecule has 1 aliphatic heterocycles. The number of rotatable bonds is 4. The van der Waals surface area contributed by atoms with Gasteiger partial charge in [0.25, 0.3) is 5.91 Å². The maximum Gasteiger partial charge on any atom is 0.259 e. The van der Waals surface area contributed by atoms with Gasteiger partial charge in [-0.25, -0.2) is 4.98 Å². The molecule has 1 aliphatic rings. The van der Waals surface area contributed by atoms with Gasteiger partial charge in [-0.3, -0.25) is 9.78 Å². The second kappa shape index (κ2) is 7.36. The number of likely N-dealkylation sites (tertiary alicyclic amines) is 1. The second-order valence-corrected chi connectivity index (χ2v) is 6.67. The molecule has 0 saturated carbocycles. The van der Waals surface area contributed by atoms with Crippen LogP contribution in [-0.4, -0.2) is 45.1 Å². The van der Waals surface area contributed by atoms with Crippen LogP contribution < -0.4 is 4.74 Å². The fourth-order valence-corrected chi connectivity index (χ4v) is 3.37. The lowest BCUT2D eigenvalue weighted by molar-refractivity contribution is 0.0770. The Morgan fingerprint density at radius 1 is 1.33 bits per heavy atom. The normalized spacial score (nSPS) is 16.5. The van der Waals surface area contributed by atoms with Gasteiger partial charge in [-0.05, 0) is 13.0 Å².